The van der Waals surface area contributed by atoms with E-state index in [0.717, 1.165) is 28.2 Å². The highest BCUT2D eigenvalue weighted by Crippen LogP contribution is 2.23. The molecule has 7 heteroatoms. The summed E-state index contributed by atoms with van der Waals surface area (Å²) in [5.74, 6) is -0.851. The maximum absolute atomic E-state index is 12.0. The number of amides is 1. The van der Waals surface area contributed by atoms with Crippen LogP contribution >= 0.6 is 11.3 Å². The summed E-state index contributed by atoms with van der Waals surface area (Å²) in [7, 11) is 0. The van der Waals surface area contributed by atoms with Gasteiger partial charge in [0.1, 0.15) is 5.01 Å². The number of pyridine rings is 1. The lowest BCUT2D eigenvalue weighted by molar-refractivity contribution is -0.146. The lowest BCUT2D eigenvalue weighted by Crippen LogP contribution is -2.22. The molecule has 1 aromatic carbocycles. The summed E-state index contributed by atoms with van der Waals surface area (Å²) in [4.78, 5) is 32.5. The maximum atomic E-state index is 12.0. The lowest BCUT2D eigenvalue weighted by atomic mass is 10.1. The van der Waals surface area contributed by atoms with Gasteiger partial charge in [-0.1, -0.05) is 25.1 Å². The molecule has 0 aliphatic carbocycles. The highest BCUT2D eigenvalue weighted by atomic mass is 32.1. The van der Waals surface area contributed by atoms with Crippen LogP contribution in [-0.2, 0) is 27.2 Å². The third-order valence-electron chi connectivity index (χ3n) is 3.82. The molecule has 0 aliphatic heterocycles. The number of rotatable bonds is 7. The fourth-order valence-corrected chi connectivity index (χ4v) is 3.30. The molecule has 0 saturated heterocycles. The number of anilines is 1. The van der Waals surface area contributed by atoms with Crippen LogP contribution in [0.25, 0.3) is 10.6 Å². The Labute approximate surface area is 161 Å². The third-order valence-corrected chi connectivity index (χ3v) is 4.76. The molecule has 0 aliphatic rings. The van der Waals surface area contributed by atoms with Gasteiger partial charge in [0.05, 0.1) is 12.1 Å². The molecule has 0 bridgehead atoms. The Bertz CT molecular complexity index is 925. The molecule has 1 amide bonds. The van der Waals surface area contributed by atoms with Crippen LogP contribution in [0.3, 0.4) is 0 Å². The van der Waals surface area contributed by atoms with Gasteiger partial charge in [-0.05, 0) is 30.2 Å². The Morgan fingerprint density at radius 1 is 1.19 bits per heavy atom. The number of hydrogen-bond acceptors (Lipinski definition) is 6. The van der Waals surface area contributed by atoms with Crippen molar-refractivity contribution < 1.29 is 14.3 Å². The standard InChI is InChI=1S/C20H19N3O3S/c1-2-14-6-3-4-8-17(14)23-18(24)12-26-19(25)10-16-13-27-20(22-16)15-7-5-9-21-11-15/h3-9,11,13H,2,10,12H2,1H3,(H,23,24). The zero-order valence-electron chi connectivity index (χ0n) is 14.8. The second-order valence-electron chi connectivity index (χ2n) is 5.78. The smallest absolute Gasteiger partial charge is 0.312 e. The molecule has 2 aromatic heterocycles. The lowest BCUT2D eigenvalue weighted by Gasteiger charge is -2.09. The van der Waals surface area contributed by atoms with Crippen molar-refractivity contribution in [1.29, 1.82) is 0 Å². The number of nitrogens with one attached hydrogen (secondary N) is 1. The van der Waals surface area contributed by atoms with Gasteiger partial charge in [0.25, 0.3) is 5.91 Å². The van der Waals surface area contributed by atoms with Crippen LogP contribution in [0.1, 0.15) is 18.2 Å². The van der Waals surface area contributed by atoms with E-state index in [-0.39, 0.29) is 18.9 Å². The molecule has 27 heavy (non-hydrogen) atoms. The topological polar surface area (TPSA) is 81.2 Å². The number of para-hydroxylation sites is 1. The van der Waals surface area contributed by atoms with E-state index >= 15 is 0 Å². The molecule has 3 aromatic rings. The second kappa shape index (κ2) is 9.05. The van der Waals surface area contributed by atoms with Gasteiger partial charge in [0.2, 0.25) is 0 Å². The molecular weight excluding hydrogens is 362 g/mol. The molecule has 6 nitrogen and oxygen atoms in total. The van der Waals surface area contributed by atoms with Crippen LogP contribution in [-0.4, -0.2) is 28.5 Å². The Balaban J connectivity index is 1.50. The van der Waals surface area contributed by atoms with Gasteiger partial charge in [-0.3, -0.25) is 14.6 Å². The summed E-state index contributed by atoms with van der Waals surface area (Å²) in [6, 6.07) is 11.3. The van der Waals surface area contributed by atoms with Gasteiger partial charge in [-0.2, -0.15) is 0 Å². The van der Waals surface area contributed by atoms with Crippen molar-refractivity contribution in [1.82, 2.24) is 9.97 Å². The van der Waals surface area contributed by atoms with Gasteiger partial charge in [-0.15, -0.1) is 11.3 Å². The average molecular weight is 381 g/mol. The molecule has 1 N–H and O–H groups in total. The molecule has 3 rings (SSSR count). The molecule has 0 radical (unpaired) electrons. The summed E-state index contributed by atoms with van der Waals surface area (Å²) in [5, 5.41) is 5.37. The fourth-order valence-electron chi connectivity index (χ4n) is 2.49. The zero-order chi connectivity index (χ0) is 19.1. The van der Waals surface area contributed by atoms with E-state index < -0.39 is 5.97 Å². The first kappa shape index (κ1) is 18.7. The predicted octanol–water partition coefficient (Wildman–Crippen LogP) is 3.49. The molecule has 0 unspecified atom stereocenters. The van der Waals surface area contributed by atoms with Gasteiger partial charge in [-0.25, -0.2) is 4.98 Å². The van der Waals surface area contributed by atoms with Crippen molar-refractivity contribution in [3.63, 3.8) is 0 Å². The molecule has 138 valence electrons. The molecule has 0 spiro atoms. The number of benzene rings is 1. The minimum atomic E-state index is -0.489. The van der Waals surface area contributed by atoms with Crippen LogP contribution in [0.2, 0.25) is 0 Å². The summed E-state index contributed by atoms with van der Waals surface area (Å²) >= 11 is 1.44. The Morgan fingerprint density at radius 3 is 2.81 bits per heavy atom. The average Bonchev–Trinajstić information content (AvgIpc) is 3.16. The number of esters is 1. The number of thiazole rings is 1. The van der Waals surface area contributed by atoms with Gasteiger partial charge in [0, 0.05) is 29.0 Å². The Hall–Kier alpha value is -3.06. The Kier molecular flexibility index (Phi) is 6.27. The quantitative estimate of drug-likeness (QED) is 0.634. The fraction of sp³-hybridized carbons (Fsp3) is 0.200. The number of carbonyl (C=O) groups is 2. The minimum Gasteiger partial charge on any atom is -0.455 e. The van der Waals surface area contributed by atoms with Crippen molar-refractivity contribution in [2.75, 3.05) is 11.9 Å². The second-order valence-corrected chi connectivity index (χ2v) is 6.64. The van der Waals surface area contributed by atoms with Crippen LogP contribution in [0.5, 0.6) is 0 Å². The summed E-state index contributed by atoms with van der Waals surface area (Å²) in [6.07, 6.45) is 4.24. The molecule has 2 heterocycles. The molecule has 0 fully saturated rings. The molecule has 0 saturated carbocycles. The number of ether oxygens (including phenoxy) is 1. The normalized spacial score (nSPS) is 10.4. The number of nitrogens with zero attached hydrogens (tertiary/aromatic N) is 2. The largest absolute Gasteiger partial charge is 0.455 e. The van der Waals surface area contributed by atoms with E-state index in [4.69, 9.17) is 4.74 Å². The van der Waals surface area contributed by atoms with E-state index in [1.807, 2.05) is 43.3 Å². The van der Waals surface area contributed by atoms with E-state index in [1.165, 1.54) is 11.3 Å². The number of hydrogen-bond donors (Lipinski definition) is 1. The zero-order valence-corrected chi connectivity index (χ0v) is 15.7. The van der Waals surface area contributed by atoms with E-state index in [0.29, 0.717) is 5.69 Å². The first-order valence-corrected chi connectivity index (χ1v) is 9.42. The number of aromatic nitrogens is 2. The number of aryl methyl sites for hydroxylation is 1. The molecular formula is C20H19N3O3S. The molecule has 0 atom stereocenters. The van der Waals surface area contributed by atoms with Gasteiger partial charge >= 0.3 is 5.97 Å². The van der Waals surface area contributed by atoms with Crippen molar-refractivity contribution in [3.8, 4) is 10.6 Å². The summed E-state index contributed by atoms with van der Waals surface area (Å²) in [5.41, 5.74) is 3.28. The predicted molar refractivity (Wildman–Crippen MR) is 104 cm³/mol. The van der Waals surface area contributed by atoms with E-state index in [9.17, 15) is 9.59 Å². The van der Waals surface area contributed by atoms with Crippen molar-refractivity contribution >= 4 is 28.9 Å². The van der Waals surface area contributed by atoms with Crippen LogP contribution in [0, 0.1) is 0 Å². The highest BCUT2D eigenvalue weighted by molar-refractivity contribution is 7.13. The van der Waals surface area contributed by atoms with Gasteiger partial charge in [0.15, 0.2) is 6.61 Å². The highest BCUT2D eigenvalue weighted by Gasteiger charge is 2.13. The van der Waals surface area contributed by atoms with Crippen molar-refractivity contribution in [3.05, 3.63) is 65.4 Å². The van der Waals surface area contributed by atoms with E-state index in [2.05, 4.69) is 15.3 Å². The summed E-state index contributed by atoms with van der Waals surface area (Å²) in [6.45, 7) is 1.69. The first-order valence-electron chi connectivity index (χ1n) is 8.54. The van der Waals surface area contributed by atoms with Crippen molar-refractivity contribution in [2.24, 2.45) is 0 Å². The van der Waals surface area contributed by atoms with E-state index in [1.54, 1.807) is 17.8 Å². The van der Waals surface area contributed by atoms with Crippen LogP contribution in [0.15, 0.2) is 54.2 Å². The van der Waals surface area contributed by atoms with Gasteiger partial charge < -0.3 is 10.1 Å². The SMILES string of the molecule is CCc1ccccc1NC(=O)COC(=O)Cc1csc(-c2cccnc2)n1. The maximum Gasteiger partial charge on any atom is 0.312 e. The first-order chi connectivity index (χ1) is 13.2. The Morgan fingerprint density at radius 2 is 2.04 bits per heavy atom. The van der Waals surface area contributed by atoms with Crippen LogP contribution in [0.4, 0.5) is 5.69 Å². The summed E-state index contributed by atoms with van der Waals surface area (Å²) < 4.78 is 5.07. The number of carbonyl (C=O) groups excluding carboxylic acids is 2. The minimum absolute atomic E-state index is 0.0234. The monoisotopic (exact) mass is 381 g/mol. The van der Waals surface area contributed by atoms with Crippen molar-refractivity contribution in [2.45, 2.75) is 19.8 Å². The third kappa shape index (κ3) is 5.21. The van der Waals surface area contributed by atoms with Crippen LogP contribution < -0.4 is 5.32 Å².